The molecule has 0 radical (unpaired) electrons. The van der Waals surface area contributed by atoms with Crippen LogP contribution < -0.4 is 9.46 Å². The van der Waals surface area contributed by atoms with Gasteiger partial charge in [0, 0.05) is 0 Å². The first-order chi connectivity index (χ1) is 13.4. The van der Waals surface area contributed by atoms with E-state index in [4.69, 9.17) is 21.1 Å². The highest BCUT2D eigenvalue weighted by Gasteiger charge is 2.16. The first kappa shape index (κ1) is 21.6. The van der Waals surface area contributed by atoms with Crippen molar-refractivity contribution in [3.63, 3.8) is 0 Å². The molecule has 0 bridgehead atoms. The molecule has 0 unspecified atom stereocenters. The van der Waals surface area contributed by atoms with Gasteiger partial charge in [0.2, 0.25) is 0 Å². The zero-order valence-corrected chi connectivity index (χ0v) is 17.0. The third kappa shape index (κ3) is 4.97. The second kappa shape index (κ2) is 10.0. The Morgan fingerprint density at radius 1 is 1.21 bits per heavy atom. The molecule has 0 aliphatic heterocycles. The van der Waals surface area contributed by atoms with Crippen molar-refractivity contribution in [3.05, 3.63) is 83.7 Å². The highest BCUT2D eigenvalue weighted by Crippen LogP contribution is 2.38. The Kier molecular flexibility index (Phi) is 7.72. The molecule has 28 heavy (non-hydrogen) atoms. The van der Waals surface area contributed by atoms with Crippen LogP contribution in [0.1, 0.15) is 15.9 Å². The number of rotatable bonds is 8. The van der Waals surface area contributed by atoms with Crippen LogP contribution in [0.4, 0.5) is 10.1 Å². The molecule has 0 spiro atoms. The van der Waals surface area contributed by atoms with Gasteiger partial charge < -0.3 is 14.2 Å². The Bertz CT molecular complexity index is 943. The fourth-order valence-corrected chi connectivity index (χ4v) is 3.58. The van der Waals surface area contributed by atoms with E-state index in [0.717, 1.165) is 23.1 Å². The smallest absolute Gasteiger partial charge is 0.337 e. The number of ether oxygens (including phenoxy) is 2. The van der Waals surface area contributed by atoms with Gasteiger partial charge in [0.25, 0.3) is 0 Å². The van der Waals surface area contributed by atoms with Crippen LogP contribution in [0.5, 0.6) is 5.75 Å². The molecule has 0 saturated carbocycles. The summed E-state index contributed by atoms with van der Waals surface area (Å²) in [6.07, 6.45) is 5.07. The third-order valence-electron chi connectivity index (χ3n) is 3.72. The topological polar surface area (TPSA) is 47.6 Å². The summed E-state index contributed by atoms with van der Waals surface area (Å²) in [6, 6.07) is 7.67. The predicted octanol–water partition coefficient (Wildman–Crippen LogP) is 6.15. The first-order valence-corrected chi connectivity index (χ1v) is 9.28. The van der Waals surface area contributed by atoms with Crippen LogP contribution in [0.25, 0.3) is 5.57 Å². The summed E-state index contributed by atoms with van der Waals surface area (Å²) in [6.45, 7) is 7.42. The molecule has 2 rings (SSSR count). The van der Waals surface area contributed by atoms with Gasteiger partial charge >= 0.3 is 5.97 Å². The number of hydrogen-bond donors (Lipinski definition) is 1. The molecule has 0 aliphatic carbocycles. The number of carbonyl (C=O) groups is 1. The summed E-state index contributed by atoms with van der Waals surface area (Å²) in [4.78, 5) is 12.3. The molecule has 0 aliphatic rings. The average Bonchev–Trinajstić information content (AvgIpc) is 2.70. The molecule has 0 aromatic heterocycles. The van der Waals surface area contributed by atoms with E-state index in [0.29, 0.717) is 10.6 Å². The van der Waals surface area contributed by atoms with E-state index in [2.05, 4.69) is 17.9 Å². The van der Waals surface area contributed by atoms with E-state index in [9.17, 15) is 9.18 Å². The quantitative estimate of drug-likeness (QED) is 0.316. The number of halogens is 2. The Morgan fingerprint density at radius 3 is 2.57 bits per heavy atom. The molecule has 0 fully saturated rings. The zero-order valence-electron chi connectivity index (χ0n) is 15.4. The second-order valence-corrected chi connectivity index (χ2v) is 6.70. The molecule has 146 valence electrons. The van der Waals surface area contributed by atoms with Gasteiger partial charge in [-0.15, -0.1) is 0 Å². The molecule has 1 N–H and O–H groups in total. The van der Waals surface area contributed by atoms with E-state index in [1.54, 1.807) is 36.4 Å². The lowest BCUT2D eigenvalue weighted by molar-refractivity contribution is 0.0600. The molecule has 2 aromatic carbocycles. The van der Waals surface area contributed by atoms with Crippen molar-refractivity contribution < 1.29 is 18.7 Å². The van der Waals surface area contributed by atoms with E-state index < -0.39 is 11.8 Å². The lowest BCUT2D eigenvalue weighted by atomic mass is 10.0. The van der Waals surface area contributed by atoms with Crippen LogP contribution in [0.3, 0.4) is 0 Å². The number of nitrogens with one attached hydrogen (secondary N) is 1. The van der Waals surface area contributed by atoms with Gasteiger partial charge in [0.05, 0.1) is 35.4 Å². The molecule has 0 heterocycles. The van der Waals surface area contributed by atoms with Gasteiger partial charge in [-0.05, 0) is 47.3 Å². The summed E-state index contributed by atoms with van der Waals surface area (Å²) in [5.74, 6) is -0.612. The van der Waals surface area contributed by atoms with Crippen molar-refractivity contribution in [2.24, 2.45) is 0 Å². The van der Waals surface area contributed by atoms with Crippen molar-refractivity contribution in [2.75, 3.05) is 18.9 Å². The standard InChI is InChI=1S/C21H19ClFNO3S/c1-5-7-13(6-2)14-8-9-17(23)18(11-14)24-28-19-12-15(21(25)27-4)10-16(22)20(19)26-3/h5-12,24H,1-2H2,3-4H3/b13-7+. The van der Waals surface area contributed by atoms with Crippen molar-refractivity contribution in [3.8, 4) is 5.75 Å². The highest BCUT2D eigenvalue weighted by atomic mass is 35.5. The number of allylic oxidation sites excluding steroid dienone is 4. The summed E-state index contributed by atoms with van der Waals surface area (Å²) in [5, 5.41) is 0.242. The minimum atomic E-state index is -0.537. The lowest BCUT2D eigenvalue weighted by Crippen LogP contribution is -2.03. The fraction of sp³-hybridized carbons (Fsp3) is 0.0952. The maximum atomic E-state index is 14.3. The molecular weight excluding hydrogens is 401 g/mol. The van der Waals surface area contributed by atoms with Crippen molar-refractivity contribution >= 4 is 40.8 Å². The van der Waals surface area contributed by atoms with E-state index >= 15 is 0 Å². The van der Waals surface area contributed by atoms with Crippen LogP contribution in [0.15, 0.2) is 66.6 Å². The van der Waals surface area contributed by atoms with Gasteiger partial charge in [0.15, 0.2) is 5.75 Å². The molecule has 7 heteroatoms. The normalized spacial score (nSPS) is 10.9. The van der Waals surface area contributed by atoms with E-state index in [1.807, 2.05) is 0 Å². The Labute approximate surface area is 172 Å². The fourth-order valence-electron chi connectivity index (χ4n) is 2.38. The first-order valence-electron chi connectivity index (χ1n) is 8.08. The third-order valence-corrected chi connectivity index (χ3v) is 4.85. The van der Waals surface area contributed by atoms with E-state index in [-0.39, 0.29) is 16.3 Å². The molecule has 0 saturated heterocycles. The summed E-state index contributed by atoms with van der Waals surface area (Å²) in [7, 11) is 2.74. The largest absolute Gasteiger partial charge is 0.494 e. The Morgan fingerprint density at radius 2 is 1.96 bits per heavy atom. The number of methoxy groups -OCH3 is 2. The van der Waals surface area contributed by atoms with Crippen molar-refractivity contribution in [1.29, 1.82) is 0 Å². The van der Waals surface area contributed by atoms with Crippen molar-refractivity contribution in [1.82, 2.24) is 0 Å². The number of anilines is 1. The lowest BCUT2D eigenvalue weighted by Gasteiger charge is -2.14. The number of benzene rings is 2. The van der Waals surface area contributed by atoms with Crippen LogP contribution in [0, 0.1) is 5.82 Å². The number of hydrogen-bond acceptors (Lipinski definition) is 5. The van der Waals surface area contributed by atoms with Gasteiger partial charge in [-0.25, -0.2) is 9.18 Å². The molecular formula is C21H19ClFNO3S. The highest BCUT2D eigenvalue weighted by molar-refractivity contribution is 8.00. The molecule has 0 amide bonds. The number of esters is 1. The van der Waals surface area contributed by atoms with Crippen LogP contribution in [-0.2, 0) is 4.74 Å². The summed E-state index contributed by atoms with van der Waals surface area (Å²) in [5.41, 5.74) is 2.08. The van der Waals surface area contributed by atoms with Crippen LogP contribution >= 0.6 is 23.5 Å². The van der Waals surface area contributed by atoms with E-state index in [1.165, 1.54) is 26.4 Å². The minimum Gasteiger partial charge on any atom is -0.494 e. The predicted molar refractivity (Wildman–Crippen MR) is 114 cm³/mol. The van der Waals surface area contributed by atoms with Crippen molar-refractivity contribution in [2.45, 2.75) is 4.90 Å². The second-order valence-electron chi connectivity index (χ2n) is 5.44. The molecule has 0 atom stereocenters. The monoisotopic (exact) mass is 419 g/mol. The molecule has 2 aromatic rings. The Balaban J connectivity index is 2.37. The van der Waals surface area contributed by atoms with Gasteiger partial charge in [-0.2, -0.15) is 0 Å². The van der Waals surface area contributed by atoms with Crippen LogP contribution in [-0.4, -0.2) is 20.2 Å². The number of carbonyl (C=O) groups excluding carboxylic acids is 1. The maximum Gasteiger partial charge on any atom is 0.337 e. The van der Waals surface area contributed by atoms with Gasteiger partial charge in [-0.1, -0.05) is 49.1 Å². The Hall–Kier alpha value is -2.70. The van der Waals surface area contributed by atoms with Crippen LogP contribution in [0.2, 0.25) is 5.02 Å². The summed E-state index contributed by atoms with van der Waals surface area (Å²) >= 11 is 7.26. The van der Waals surface area contributed by atoms with Gasteiger partial charge in [0.1, 0.15) is 5.82 Å². The minimum absolute atomic E-state index is 0.242. The maximum absolute atomic E-state index is 14.3. The molecule has 4 nitrogen and oxygen atoms in total. The van der Waals surface area contributed by atoms with Gasteiger partial charge in [-0.3, -0.25) is 0 Å². The zero-order chi connectivity index (χ0) is 20.7. The summed E-state index contributed by atoms with van der Waals surface area (Å²) < 4.78 is 27.2. The average molecular weight is 420 g/mol. The SMILES string of the molecule is C=C/C=C(\C=C)c1ccc(F)c(NSc2cc(C(=O)OC)cc(Cl)c2OC)c1.